The molecule has 0 aliphatic rings. The van der Waals surface area contributed by atoms with Gasteiger partial charge in [0.1, 0.15) is 0 Å². The first-order valence-corrected chi connectivity index (χ1v) is 7.63. The Balaban J connectivity index is 4.60. The molecular formula is C10H16N2O6S2. The fraction of sp³-hybridized carbons (Fsp3) is 0.400. The van der Waals surface area contributed by atoms with E-state index >= 15 is 0 Å². The van der Waals surface area contributed by atoms with Crippen molar-refractivity contribution in [3.8, 4) is 0 Å². The van der Waals surface area contributed by atoms with Crippen LogP contribution >= 0.6 is 0 Å². The van der Waals surface area contributed by atoms with Gasteiger partial charge in [-0.2, -0.15) is 0 Å². The van der Waals surface area contributed by atoms with Crippen LogP contribution in [-0.4, -0.2) is 46.0 Å². The molecule has 0 aromatic heterocycles. The molecule has 114 valence electrons. The van der Waals surface area contributed by atoms with Crippen LogP contribution in [-0.2, 0) is 31.7 Å². The molecule has 0 fully saturated rings. The smallest absolute Gasteiger partial charge is 0.243 e. The van der Waals surface area contributed by atoms with E-state index in [1.54, 1.807) is 0 Å². The van der Waals surface area contributed by atoms with Crippen molar-refractivity contribution < 1.29 is 27.1 Å². The van der Waals surface area contributed by atoms with Crippen LogP contribution in [0, 0.1) is 0 Å². The lowest BCUT2D eigenvalue weighted by atomic mass is 10.3. The quantitative estimate of drug-likeness (QED) is 0.260. The van der Waals surface area contributed by atoms with E-state index in [2.05, 4.69) is 23.8 Å². The van der Waals surface area contributed by atoms with Crippen LogP contribution in [0.1, 0.15) is 6.92 Å². The molecule has 0 aromatic carbocycles. The lowest BCUT2D eigenvalue weighted by Gasteiger charge is -2.19. The van der Waals surface area contributed by atoms with E-state index in [9.17, 15) is 18.0 Å². The Labute approximate surface area is 121 Å². The number of nitrogens with one attached hydrogen (secondary N) is 2. The van der Waals surface area contributed by atoms with Gasteiger partial charge in [-0.1, -0.05) is 12.2 Å². The molecule has 4 N–H and O–H groups in total. The molecule has 4 unspecified atom stereocenters. The molecule has 0 saturated carbocycles. The third kappa shape index (κ3) is 5.74. The SMILES string of the molecule is C=CC(C(=O)NC(C)NC(=O)C(C=C)S(=O)O)S(=O)O. The van der Waals surface area contributed by atoms with E-state index in [4.69, 9.17) is 9.11 Å². The normalized spacial score (nSPS) is 17.9. The number of amides is 2. The molecule has 0 heterocycles. The molecule has 10 heteroatoms. The lowest BCUT2D eigenvalue weighted by molar-refractivity contribution is -0.122. The Morgan fingerprint density at radius 3 is 1.50 bits per heavy atom. The van der Waals surface area contributed by atoms with Gasteiger partial charge in [-0.15, -0.1) is 13.2 Å². The number of hydrogen-bond acceptors (Lipinski definition) is 4. The average molecular weight is 324 g/mol. The summed E-state index contributed by atoms with van der Waals surface area (Å²) in [6.45, 7) is 7.88. The molecule has 0 aliphatic heterocycles. The first kappa shape index (κ1) is 18.6. The summed E-state index contributed by atoms with van der Waals surface area (Å²) >= 11 is -4.86. The summed E-state index contributed by atoms with van der Waals surface area (Å²) in [6.07, 6.45) is 1.08. The minimum Gasteiger partial charge on any atom is -0.335 e. The van der Waals surface area contributed by atoms with Crippen molar-refractivity contribution in [2.24, 2.45) is 0 Å². The first-order chi connectivity index (χ1) is 9.24. The molecular weight excluding hydrogens is 308 g/mol. The highest BCUT2D eigenvalue weighted by Gasteiger charge is 2.25. The number of rotatable bonds is 8. The molecule has 0 saturated heterocycles. The molecule has 8 nitrogen and oxygen atoms in total. The molecule has 0 spiro atoms. The summed E-state index contributed by atoms with van der Waals surface area (Å²) in [6, 6.07) is 0. The van der Waals surface area contributed by atoms with Crippen molar-refractivity contribution in [2.75, 3.05) is 0 Å². The maximum absolute atomic E-state index is 11.6. The van der Waals surface area contributed by atoms with Crippen LogP contribution in [0.2, 0.25) is 0 Å². The van der Waals surface area contributed by atoms with Gasteiger partial charge in [-0.25, -0.2) is 8.42 Å². The molecule has 0 radical (unpaired) electrons. The fourth-order valence-electron chi connectivity index (χ4n) is 1.19. The Hall–Kier alpha value is -1.36. The molecule has 2 amide bonds. The van der Waals surface area contributed by atoms with E-state index in [0.717, 1.165) is 12.2 Å². The van der Waals surface area contributed by atoms with Crippen molar-refractivity contribution in [3.05, 3.63) is 25.3 Å². The van der Waals surface area contributed by atoms with Crippen LogP contribution in [0.3, 0.4) is 0 Å². The summed E-state index contributed by atoms with van der Waals surface area (Å²) in [4.78, 5) is 23.1. The van der Waals surface area contributed by atoms with Gasteiger partial charge in [0.25, 0.3) is 0 Å². The van der Waals surface area contributed by atoms with Gasteiger partial charge in [0.05, 0.1) is 6.17 Å². The molecule has 0 rings (SSSR count). The summed E-state index contributed by atoms with van der Waals surface area (Å²) in [7, 11) is 0. The highest BCUT2D eigenvalue weighted by molar-refractivity contribution is 7.81. The minimum atomic E-state index is -2.43. The maximum atomic E-state index is 11.6. The molecule has 0 bridgehead atoms. The van der Waals surface area contributed by atoms with E-state index in [1.165, 1.54) is 6.92 Å². The first-order valence-electron chi connectivity index (χ1n) is 5.29. The molecule has 20 heavy (non-hydrogen) atoms. The van der Waals surface area contributed by atoms with Gasteiger partial charge in [0, 0.05) is 0 Å². The van der Waals surface area contributed by atoms with E-state index in [0.29, 0.717) is 0 Å². The minimum absolute atomic E-state index is 0.811. The zero-order valence-corrected chi connectivity index (χ0v) is 12.3. The standard InChI is InChI=1S/C10H16N2O6S2/c1-4-7(19(15)16)9(13)11-6(3)12-10(14)8(5-2)20(17)18/h4-8H,1-2H2,3H3,(H,11,13)(H,12,14)(H,15,16)(H,17,18). The number of carbonyl (C=O) groups excluding carboxylic acids is 2. The maximum Gasteiger partial charge on any atom is 0.243 e. The van der Waals surface area contributed by atoms with E-state index < -0.39 is 50.6 Å². The highest BCUT2D eigenvalue weighted by atomic mass is 32.2. The Morgan fingerprint density at radius 2 is 1.30 bits per heavy atom. The molecule has 0 aromatic rings. The topological polar surface area (TPSA) is 133 Å². The summed E-state index contributed by atoms with van der Waals surface area (Å²) in [5.41, 5.74) is 0. The predicted octanol–water partition coefficient (Wildman–Crippen LogP) is -0.883. The summed E-state index contributed by atoms with van der Waals surface area (Å²) in [5, 5.41) is 1.83. The molecule has 0 aliphatic carbocycles. The second kappa shape index (κ2) is 8.74. The van der Waals surface area contributed by atoms with Gasteiger partial charge in [0.2, 0.25) is 11.8 Å². The van der Waals surface area contributed by atoms with Gasteiger partial charge in [-0.3, -0.25) is 9.59 Å². The van der Waals surface area contributed by atoms with Crippen molar-refractivity contribution in [2.45, 2.75) is 23.6 Å². The summed E-state index contributed by atoms with van der Waals surface area (Å²) in [5.74, 6) is -1.62. The average Bonchev–Trinajstić information content (AvgIpc) is 2.28. The van der Waals surface area contributed by atoms with Crippen molar-refractivity contribution in [1.29, 1.82) is 0 Å². The van der Waals surface area contributed by atoms with E-state index in [1.807, 2.05) is 0 Å². The molecule has 4 atom stereocenters. The van der Waals surface area contributed by atoms with Crippen LogP contribution in [0.4, 0.5) is 0 Å². The number of carbonyl (C=O) groups is 2. The lowest BCUT2D eigenvalue weighted by Crippen LogP contribution is -2.51. The monoisotopic (exact) mass is 324 g/mol. The van der Waals surface area contributed by atoms with Gasteiger partial charge < -0.3 is 19.7 Å². The van der Waals surface area contributed by atoms with Crippen LogP contribution < -0.4 is 10.6 Å². The summed E-state index contributed by atoms with van der Waals surface area (Å²) < 4.78 is 39.3. The van der Waals surface area contributed by atoms with Crippen LogP contribution in [0.25, 0.3) is 0 Å². The zero-order valence-electron chi connectivity index (χ0n) is 10.6. The Morgan fingerprint density at radius 1 is 1.00 bits per heavy atom. The van der Waals surface area contributed by atoms with Gasteiger partial charge in [0.15, 0.2) is 32.7 Å². The van der Waals surface area contributed by atoms with Crippen molar-refractivity contribution >= 4 is 34.0 Å². The van der Waals surface area contributed by atoms with Gasteiger partial charge in [-0.05, 0) is 6.92 Å². The fourth-order valence-corrected chi connectivity index (χ4v) is 2.02. The van der Waals surface area contributed by atoms with E-state index in [-0.39, 0.29) is 0 Å². The second-order valence-corrected chi connectivity index (χ2v) is 5.72. The highest BCUT2D eigenvalue weighted by Crippen LogP contribution is 1.98. The van der Waals surface area contributed by atoms with Gasteiger partial charge >= 0.3 is 0 Å². The Kier molecular flexibility index (Phi) is 8.15. The third-order valence-corrected chi connectivity index (χ3v) is 3.78. The van der Waals surface area contributed by atoms with Crippen LogP contribution in [0.5, 0.6) is 0 Å². The van der Waals surface area contributed by atoms with Crippen molar-refractivity contribution in [3.63, 3.8) is 0 Å². The van der Waals surface area contributed by atoms with Crippen molar-refractivity contribution in [1.82, 2.24) is 10.6 Å². The largest absolute Gasteiger partial charge is 0.335 e. The zero-order chi connectivity index (χ0) is 15.9. The number of hydrogen-bond donors (Lipinski definition) is 4. The second-order valence-electron chi connectivity index (χ2n) is 3.60. The predicted molar refractivity (Wildman–Crippen MR) is 75.3 cm³/mol. The Bertz CT molecular complexity index is 413. The van der Waals surface area contributed by atoms with Crippen LogP contribution in [0.15, 0.2) is 25.3 Å². The third-order valence-electron chi connectivity index (χ3n) is 2.10.